The van der Waals surface area contributed by atoms with Crippen molar-refractivity contribution in [3.63, 3.8) is 0 Å². The van der Waals surface area contributed by atoms with E-state index in [9.17, 15) is 9.90 Å². The Kier molecular flexibility index (Phi) is 2.54. The quantitative estimate of drug-likeness (QED) is 0.857. The molecule has 0 atom stereocenters. The van der Waals surface area contributed by atoms with E-state index in [4.69, 9.17) is 0 Å². The number of aromatic nitrogens is 1. The predicted molar refractivity (Wildman–Crippen MR) is 78.2 cm³/mol. The van der Waals surface area contributed by atoms with E-state index >= 15 is 0 Å². The van der Waals surface area contributed by atoms with Gasteiger partial charge in [0.05, 0.1) is 10.7 Å². The van der Waals surface area contributed by atoms with Crippen molar-refractivity contribution in [2.45, 2.75) is 25.2 Å². The van der Waals surface area contributed by atoms with Crippen LogP contribution in [-0.4, -0.2) is 15.9 Å². The molecule has 0 bridgehead atoms. The van der Waals surface area contributed by atoms with E-state index in [1.54, 1.807) is 29.5 Å². The maximum absolute atomic E-state index is 12.3. The first-order chi connectivity index (χ1) is 9.72. The number of fused-ring (bicyclic) bond motifs is 1. The molecule has 4 heteroatoms. The van der Waals surface area contributed by atoms with Gasteiger partial charge < -0.3 is 5.11 Å². The second-order valence-electron chi connectivity index (χ2n) is 5.36. The minimum Gasteiger partial charge on any atom is -0.508 e. The smallest absolute Gasteiger partial charge is 0.189 e. The number of hydrogen-bond acceptors (Lipinski definition) is 4. The van der Waals surface area contributed by atoms with E-state index in [1.807, 2.05) is 11.5 Å². The molecule has 0 aliphatic heterocycles. The van der Waals surface area contributed by atoms with Crippen molar-refractivity contribution in [2.75, 3.05) is 0 Å². The first kappa shape index (κ1) is 11.9. The molecule has 100 valence electrons. The molecular formula is C16H13NO2S. The van der Waals surface area contributed by atoms with Crippen LogP contribution in [-0.2, 0) is 6.42 Å². The SMILES string of the molecule is O=C1/C(=C/c2csc(C3CC3)n2)Cc2c(O)cccc21. The summed E-state index contributed by atoms with van der Waals surface area (Å²) in [5, 5.41) is 13.0. The summed E-state index contributed by atoms with van der Waals surface area (Å²) in [6, 6.07) is 5.11. The molecule has 3 nitrogen and oxygen atoms in total. The van der Waals surface area contributed by atoms with Crippen molar-refractivity contribution >= 4 is 23.2 Å². The van der Waals surface area contributed by atoms with Crippen LogP contribution < -0.4 is 0 Å². The fourth-order valence-electron chi connectivity index (χ4n) is 2.60. The highest BCUT2D eigenvalue weighted by atomic mass is 32.1. The van der Waals surface area contributed by atoms with Crippen LogP contribution in [0.2, 0.25) is 0 Å². The van der Waals surface area contributed by atoms with Crippen LogP contribution in [0.1, 0.15) is 45.4 Å². The Morgan fingerprint density at radius 2 is 2.20 bits per heavy atom. The number of benzene rings is 1. The standard InChI is InChI=1S/C16H13NO2S/c18-14-3-1-2-12-13(14)7-10(15(12)19)6-11-8-20-16(17-11)9-4-5-9/h1-3,6,8-9,18H,4-5,7H2/b10-6+. The summed E-state index contributed by atoms with van der Waals surface area (Å²) >= 11 is 1.68. The zero-order valence-corrected chi connectivity index (χ0v) is 11.6. The second kappa shape index (κ2) is 4.28. The molecule has 20 heavy (non-hydrogen) atoms. The first-order valence-electron chi connectivity index (χ1n) is 6.74. The van der Waals surface area contributed by atoms with Gasteiger partial charge in [-0.05, 0) is 25.0 Å². The van der Waals surface area contributed by atoms with Gasteiger partial charge in [-0.2, -0.15) is 0 Å². The molecule has 0 unspecified atom stereocenters. The zero-order chi connectivity index (χ0) is 13.7. The normalized spacial score (nSPS) is 19.6. The summed E-state index contributed by atoms with van der Waals surface area (Å²) in [6.45, 7) is 0. The Bertz CT molecular complexity index is 741. The second-order valence-corrected chi connectivity index (χ2v) is 6.25. The van der Waals surface area contributed by atoms with Crippen molar-refractivity contribution in [1.82, 2.24) is 4.98 Å². The largest absolute Gasteiger partial charge is 0.508 e. The maximum Gasteiger partial charge on any atom is 0.189 e. The van der Waals surface area contributed by atoms with Gasteiger partial charge in [-0.1, -0.05) is 12.1 Å². The molecular weight excluding hydrogens is 270 g/mol. The van der Waals surface area contributed by atoms with Gasteiger partial charge in [-0.25, -0.2) is 4.98 Å². The molecule has 1 fully saturated rings. The number of Topliss-reactive ketones (excluding diaryl/α,β-unsaturated/α-hetero) is 1. The maximum atomic E-state index is 12.3. The van der Waals surface area contributed by atoms with Gasteiger partial charge in [0.1, 0.15) is 5.75 Å². The van der Waals surface area contributed by atoms with Gasteiger partial charge in [0.2, 0.25) is 0 Å². The van der Waals surface area contributed by atoms with Crippen molar-refractivity contribution in [2.24, 2.45) is 0 Å². The summed E-state index contributed by atoms with van der Waals surface area (Å²) in [6.07, 6.45) is 4.84. The fourth-order valence-corrected chi connectivity index (χ4v) is 3.55. The average Bonchev–Trinajstić information content (AvgIpc) is 3.11. The number of carbonyl (C=O) groups excluding carboxylic acids is 1. The van der Waals surface area contributed by atoms with Gasteiger partial charge in [-0.15, -0.1) is 11.3 Å². The van der Waals surface area contributed by atoms with Crippen LogP contribution in [0.25, 0.3) is 6.08 Å². The summed E-state index contributed by atoms with van der Waals surface area (Å²) in [5.41, 5.74) is 2.94. The third-order valence-electron chi connectivity index (χ3n) is 3.84. The van der Waals surface area contributed by atoms with Crippen molar-refractivity contribution in [1.29, 1.82) is 0 Å². The molecule has 0 amide bonds. The van der Waals surface area contributed by atoms with E-state index in [1.165, 1.54) is 17.8 Å². The van der Waals surface area contributed by atoms with Gasteiger partial charge in [0.25, 0.3) is 0 Å². The first-order valence-corrected chi connectivity index (χ1v) is 7.62. The lowest BCUT2D eigenvalue weighted by Gasteiger charge is -1.97. The Morgan fingerprint density at radius 3 is 2.95 bits per heavy atom. The Labute approximate surface area is 120 Å². The highest BCUT2D eigenvalue weighted by molar-refractivity contribution is 7.09. The highest BCUT2D eigenvalue weighted by Gasteiger charge is 2.28. The van der Waals surface area contributed by atoms with E-state index in [2.05, 4.69) is 4.98 Å². The molecule has 4 rings (SSSR count). The Hall–Kier alpha value is -1.94. The minimum atomic E-state index is 0.0110. The summed E-state index contributed by atoms with van der Waals surface area (Å²) < 4.78 is 0. The topological polar surface area (TPSA) is 50.2 Å². The fraction of sp³-hybridized carbons (Fsp3) is 0.250. The lowest BCUT2D eigenvalue weighted by Crippen LogP contribution is -1.95. The van der Waals surface area contributed by atoms with Gasteiger partial charge in [0.15, 0.2) is 5.78 Å². The number of phenolic OH excluding ortho intramolecular Hbond substituents is 1. The van der Waals surface area contributed by atoms with E-state index in [0.717, 1.165) is 11.3 Å². The monoisotopic (exact) mass is 283 g/mol. The van der Waals surface area contributed by atoms with Crippen LogP contribution in [0.4, 0.5) is 0 Å². The highest BCUT2D eigenvalue weighted by Crippen LogP contribution is 2.41. The van der Waals surface area contributed by atoms with E-state index < -0.39 is 0 Å². The average molecular weight is 283 g/mol. The molecule has 2 aliphatic carbocycles. The molecule has 1 aromatic carbocycles. The Morgan fingerprint density at radius 1 is 1.35 bits per heavy atom. The molecule has 1 aromatic heterocycles. The van der Waals surface area contributed by atoms with Gasteiger partial charge in [0, 0.05) is 34.4 Å². The molecule has 1 N–H and O–H groups in total. The molecule has 2 aliphatic rings. The number of nitrogens with zero attached hydrogens (tertiary/aromatic N) is 1. The summed E-state index contributed by atoms with van der Waals surface area (Å²) in [4.78, 5) is 16.9. The number of rotatable bonds is 2. The van der Waals surface area contributed by atoms with E-state index in [-0.39, 0.29) is 11.5 Å². The third kappa shape index (κ3) is 1.88. The van der Waals surface area contributed by atoms with Crippen LogP contribution in [0.5, 0.6) is 5.75 Å². The number of ketones is 1. The lowest BCUT2D eigenvalue weighted by molar-refractivity contribution is 0.104. The van der Waals surface area contributed by atoms with Crippen LogP contribution >= 0.6 is 11.3 Å². The number of aromatic hydroxyl groups is 1. The molecule has 0 radical (unpaired) electrons. The molecule has 1 heterocycles. The van der Waals surface area contributed by atoms with Gasteiger partial charge in [-0.3, -0.25) is 4.79 Å². The molecule has 2 aromatic rings. The van der Waals surface area contributed by atoms with Crippen LogP contribution in [0.15, 0.2) is 29.2 Å². The zero-order valence-electron chi connectivity index (χ0n) is 10.8. The number of phenols is 1. The van der Waals surface area contributed by atoms with Crippen molar-refractivity contribution in [3.8, 4) is 5.75 Å². The van der Waals surface area contributed by atoms with Gasteiger partial charge >= 0.3 is 0 Å². The number of hydrogen-bond donors (Lipinski definition) is 1. The number of carbonyl (C=O) groups is 1. The summed E-state index contributed by atoms with van der Waals surface area (Å²) in [7, 11) is 0. The molecule has 1 saturated carbocycles. The lowest BCUT2D eigenvalue weighted by atomic mass is 10.1. The Balaban J connectivity index is 1.68. The van der Waals surface area contributed by atoms with Crippen LogP contribution in [0.3, 0.4) is 0 Å². The minimum absolute atomic E-state index is 0.0110. The predicted octanol–water partition coefficient (Wildman–Crippen LogP) is 3.55. The van der Waals surface area contributed by atoms with E-state index in [0.29, 0.717) is 23.5 Å². The van der Waals surface area contributed by atoms with Crippen molar-refractivity contribution < 1.29 is 9.90 Å². The summed E-state index contributed by atoms with van der Waals surface area (Å²) in [5.74, 6) is 0.862. The third-order valence-corrected chi connectivity index (χ3v) is 4.87. The molecule has 0 spiro atoms. The number of thiazole rings is 1. The molecule has 0 saturated heterocycles. The van der Waals surface area contributed by atoms with Crippen molar-refractivity contribution in [3.05, 3.63) is 51.0 Å². The van der Waals surface area contributed by atoms with Crippen LogP contribution in [0, 0.1) is 0 Å². The number of allylic oxidation sites excluding steroid dienone is 1.